The molecule has 0 heterocycles. The molecule has 0 bridgehead atoms. The summed E-state index contributed by atoms with van der Waals surface area (Å²) in [6.07, 6.45) is 4.14. The van der Waals surface area contributed by atoms with E-state index in [1.807, 2.05) is 0 Å². The van der Waals surface area contributed by atoms with Crippen LogP contribution in [-0.4, -0.2) is 15.0 Å². The van der Waals surface area contributed by atoms with Gasteiger partial charge >= 0.3 is 0 Å². The van der Waals surface area contributed by atoms with E-state index >= 15 is 0 Å². The van der Waals surface area contributed by atoms with Gasteiger partial charge in [0.25, 0.3) is 0 Å². The Balaban J connectivity index is 2.16. The van der Waals surface area contributed by atoms with Gasteiger partial charge in [-0.05, 0) is 36.8 Å². The Kier molecular flexibility index (Phi) is 3.82. The Morgan fingerprint density at radius 3 is 2.63 bits per heavy atom. The molecule has 0 aromatic heterocycles. The van der Waals surface area contributed by atoms with Crippen LogP contribution in [0.1, 0.15) is 32.6 Å². The van der Waals surface area contributed by atoms with Gasteiger partial charge in [0.05, 0.1) is 5.69 Å². The third-order valence-corrected chi connectivity index (χ3v) is 5.56. The molecule has 3 N–H and O–H groups in total. The van der Waals surface area contributed by atoms with Crippen LogP contribution < -0.4 is 10.5 Å². The molecule has 1 aromatic rings. The molecule has 0 saturated heterocycles. The van der Waals surface area contributed by atoms with Crippen LogP contribution in [0.2, 0.25) is 0 Å². The minimum atomic E-state index is -3.75. The van der Waals surface area contributed by atoms with Gasteiger partial charge in [0.1, 0.15) is 10.7 Å². The lowest BCUT2D eigenvalue weighted by atomic mass is 9.67. The van der Waals surface area contributed by atoms with Gasteiger partial charge in [-0.1, -0.05) is 19.4 Å². The van der Waals surface area contributed by atoms with Crippen LogP contribution in [0.3, 0.4) is 0 Å². The number of nitrogens with one attached hydrogen (secondary N) is 1. The number of rotatable bonds is 5. The van der Waals surface area contributed by atoms with Gasteiger partial charge in [0.15, 0.2) is 0 Å². The van der Waals surface area contributed by atoms with Crippen molar-refractivity contribution in [2.75, 3.05) is 12.3 Å². The molecular weight excluding hydrogens is 267 g/mol. The van der Waals surface area contributed by atoms with Gasteiger partial charge in [0.2, 0.25) is 10.0 Å². The number of hydrogen-bond acceptors (Lipinski definition) is 3. The summed E-state index contributed by atoms with van der Waals surface area (Å²) in [5, 5.41) is 0. The van der Waals surface area contributed by atoms with E-state index in [0.29, 0.717) is 6.54 Å². The predicted octanol–water partition coefficient (Wildman–Crippen LogP) is 2.27. The molecule has 1 aliphatic rings. The molecule has 0 radical (unpaired) electrons. The number of halogens is 1. The van der Waals surface area contributed by atoms with Crippen LogP contribution in [0.4, 0.5) is 10.1 Å². The fraction of sp³-hybridized carbons (Fsp3) is 0.538. The monoisotopic (exact) mass is 286 g/mol. The molecular formula is C13H19FN2O2S. The number of sulfonamides is 1. The van der Waals surface area contributed by atoms with E-state index in [1.165, 1.54) is 12.1 Å². The highest BCUT2D eigenvalue weighted by molar-refractivity contribution is 7.89. The summed E-state index contributed by atoms with van der Waals surface area (Å²) in [5.74, 6) is -0.711. The van der Waals surface area contributed by atoms with E-state index < -0.39 is 15.8 Å². The summed E-state index contributed by atoms with van der Waals surface area (Å²) in [5.41, 5.74) is 5.23. The summed E-state index contributed by atoms with van der Waals surface area (Å²) in [7, 11) is -3.75. The second-order valence-corrected chi connectivity index (χ2v) is 6.92. The Bertz CT molecular complexity index is 562. The molecule has 1 fully saturated rings. The normalized spacial score (nSPS) is 18.0. The summed E-state index contributed by atoms with van der Waals surface area (Å²) < 4.78 is 40.2. The topological polar surface area (TPSA) is 72.2 Å². The second-order valence-electron chi connectivity index (χ2n) is 5.18. The highest BCUT2D eigenvalue weighted by Crippen LogP contribution is 2.43. The quantitative estimate of drug-likeness (QED) is 0.816. The smallest absolute Gasteiger partial charge is 0.242 e. The lowest BCUT2D eigenvalue weighted by Crippen LogP contribution is -2.41. The summed E-state index contributed by atoms with van der Waals surface area (Å²) in [6, 6.07) is 3.81. The van der Waals surface area contributed by atoms with Crippen LogP contribution in [0.5, 0.6) is 0 Å². The average Bonchev–Trinajstić information content (AvgIpc) is 2.31. The number of benzene rings is 1. The van der Waals surface area contributed by atoms with Gasteiger partial charge in [-0.25, -0.2) is 17.5 Å². The molecule has 4 nitrogen and oxygen atoms in total. The molecule has 0 spiro atoms. The molecule has 106 valence electrons. The van der Waals surface area contributed by atoms with Crippen molar-refractivity contribution in [2.24, 2.45) is 5.41 Å². The van der Waals surface area contributed by atoms with Gasteiger partial charge in [-0.2, -0.15) is 0 Å². The van der Waals surface area contributed by atoms with E-state index in [0.717, 1.165) is 31.7 Å². The van der Waals surface area contributed by atoms with Crippen LogP contribution in [0.15, 0.2) is 23.1 Å². The lowest BCUT2D eigenvalue weighted by molar-refractivity contribution is 0.133. The van der Waals surface area contributed by atoms with E-state index in [2.05, 4.69) is 11.6 Å². The standard InChI is InChI=1S/C13H19FN2O2S/c1-2-13(7-4-8-13)9-16-19(17,18)11-6-3-5-10(14)12(11)15/h3,5-6,16H,2,4,7-9,15H2,1H3. The maximum absolute atomic E-state index is 13.3. The highest BCUT2D eigenvalue weighted by atomic mass is 32.2. The second kappa shape index (κ2) is 5.09. The van der Waals surface area contributed by atoms with Crippen molar-refractivity contribution in [2.45, 2.75) is 37.5 Å². The molecule has 0 atom stereocenters. The highest BCUT2D eigenvalue weighted by Gasteiger charge is 2.36. The number of nitrogen functional groups attached to an aromatic ring is 1. The van der Waals surface area contributed by atoms with E-state index in [9.17, 15) is 12.8 Å². The SMILES string of the molecule is CCC1(CNS(=O)(=O)c2cccc(F)c2N)CCC1. The molecule has 0 aliphatic heterocycles. The predicted molar refractivity (Wildman–Crippen MR) is 72.6 cm³/mol. The lowest BCUT2D eigenvalue weighted by Gasteiger charge is -2.41. The van der Waals surface area contributed by atoms with Crippen molar-refractivity contribution in [1.29, 1.82) is 0 Å². The van der Waals surface area contributed by atoms with E-state index in [-0.39, 0.29) is 16.0 Å². The molecule has 19 heavy (non-hydrogen) atoms. The first-order chi connectivity index (χ1) is 8.90. The van der Waals surface area contributed by atoms with Crippen LogP contribution in [0.25, 0.3) is 0 Å². The molecule has 1 saturated carbocycles. The molecule has 6 heteroatoms. The Labute approximate surface area is 113 Å². The van der Waals surface area contributed by atoms with Crippen LogP contribution in [0, 0.1) is 11.2 Å². The van der Waals surface area contributed by atoms with Crippen molar-refractivity contribution in [3.63, 3.8) is 0 Å². The number of para-hydroxylation sites is 1. The van der Waals surface area contributed by atoms with Gasteiger partial charge in [-0.15, -0.1) is 0 Å². The fourth-order valence-electron chi connectivity index (χ4n) is 2.41. The first-order valence-corrected chi connectivity index (χ1v) is 7.92. The number of hydrogen-bond donors (Lipinski definition) is 2. The Morgan fingerprint density at radius 1 is 1.42 bits per heavy atom. The van der Waals surface area contributed by atoms with Gasteiger partial charge in [-0.3, -0.25) is 0 Å². The minimum absolute atomic E-state index is 0.0646. The summed E-state index contributed by atoms with van der Waals surface area (Å²) in [6.45, 7) is 2.45. The van der Waals surface area contributed by atoms with E-state index in [4.69, 9.17) is 5.73 Å². The fourth-order valence-corrected chi connectivity index (χ4v) is 3.71. The van der Waals surface area contributed by atoms with Gasteiger partial charge in [0, 0.05) is 6.54 Å². The van der Waals surface area contributed by atoms with Crippen molar-refractivity contribution < 1.29 is 12.8 Å². The largest absolute Gasteiger partial charge is 0.395 e. The minimum Gasteiger partial charge on any atom is -0.395 e. The zero-order valence-electron chi connectivity index (χ0n) is 10.9. The van der Waals surface area contributed by atoms with E-state index in [1.54, 1.807) is 0 Å². The maximum atomic E-state index is 13.3. The van der Waals surface area contributed by atoms with Crippen LogP contribution >= 0.6 is 0 Å². The average molecular weight is 286 g/mol. The van der Waals surface area contributed by atoms with Crippen molar-refractivity contribution in [3.05, 3.63) is 24.0 Å². The molecule has 2 rings (SSSR count). The number of anilines is 1. The van der Waals surface area contributed by atoms with Crippen molar-refractivity contribution >= 4 is 15.7 Å². The maximum Gasteiger partial charge on any atom is 0.242 e. The first kappa shape index (κ1) is 14.3. The van der Waals surface area contributed by atoms with Crippen LogP contribution in [-0.2, 0) is 10.0 Å². The molecule has 1 aliphatic carbocycles. The van der Waals surface area contributed by atoms with Crippen molar-refractivity contribution in [3.8, 4) is 0 Å². The first-order valence-electron chi connectivity index (χ1n) is 6.44. The summed E-state index contributed by atoms with van der Waals surface area (Å²) >= 11 is 0. The Morgan fingerprint density at radius 2 is 2.11 bits per heavy atom. The van der Waals surface area contributed by atoms with Crippen molar-refractivity contribution in [1.82, 2.24) is 4.72 Å². The molecule has 0 unspecified atom stereocenters. The summed E-state index contributed by atoms with van der Waals surface area (Å²) in [4.78, 5) is -0.182. The third-order valence-electron chi connectivity index (χ3n) is 4.10. The molecule has 1 aromatic carbocycles. The molecule has 0 amide bonds. The number of nitrogens with two attached hydrogens (primary N) is 1. The third kappa shape index (κ3) is 2.74. The zero-order chi connectivity index (χ0) is 14.1. The Hall–Kier alpha value is -1.14. The van der Waals surface area contributed by atoms with Gasteiger partial charge < -0.3 is 5.73 Å². The zero-order valence-corrected chi connectivity index (χ0v) is 11.8.